The summed E-state index contributed by atoms with van der Waals surface area (Å²) in [6.45, 7) is 5.73. The number of esters is 1. The van der Waals surface area contributed by atoms with E-state index in [-0.39, 0.29) is 97.0 Å². The van der Waals surface area contributed by atoms with E-state index in [2.05, 4.69) is 11.8 Å². The highest BCUT2D eigenvalue weighted by atomic mass is 16.7. The van der Waals surface area contributed by atoms with Gasteiger partial charge < -0.3 is 33.2 Å². The maximum atomic E-state index is 14.2. The molecule has 3 heterocycles. The van der Waals surface area contributed by atoms with Crippen molar-refractivity contribution < 1.29 is 47.5 Å². The summed E-state index contributed by atoms with van der Waals surface area (Å²) in [7, 11) is 7.24. The molecule has 2 amide bonds. The van der Waals surface area contributed by atoms with E-state index >= 15 is 0 Å². The fraction of sp³-hybridized carbons (Fsp3) is 0.763. The van der Waals surface area contributed by atoms with Gasteiger partial charge in [0, 0.05) is 82.3 Å². The largest absolute Gasteiger partial charge is 0.461 e. The first kappa shape index (κ1) is 33.4. The van der Waals surface area contributed by atoms with Crippen LogP contribution >= 0.6 is 0 Å². The molecule has 0 radical (unpaired) electrons. The molecule has 9 rings (SSSR count). The molecule has 272 valence electrons. The molecule has 14 atom stereocenters. The van der Waals surface area contributed by atoms with Gasteiger partial charge in [0.25, 0.3) is 0 Å². The number of carbonyl (C=O) groups excluding carboxylic acids is 3. The number of methoxy groups -OCH3 is 4. The van der Waals surface area contributed by atoms with Gasteiger partial charge in [0.1, 0.15) is 18.0 Å². The fourth-order valence-corrected chi connectivity index (χ4v) is 13.9. The molecule has 0 aromatic heterocycles. The zero-order valence-electron chi connectivity index (χ0n) is 29.9. The van der Waals surface area contributed by atoms with Crippen LogP contribution in [0.4, 0.5) is 5.69 Å². The van der Waals surface area contributed by atoms with Crippen molar-refractivity contribution in [1.29, 1.82) is 0 Å². The zero-order valence-corrected chi connectivity index (χ0v) is 29.9. The van der Waals surface area contributed by atoms with Gasteiger partial charge in [-0.3, -0.25) is 14.5 Å². The molecule has 12 nitrogen and oxygen atoms in total. The van der Waals surface area contributed by atoms with Crippen LogP contribution in [0, 0.1) is 40.4 Å². The standard InChI is InChI=1S/C38H50N2O10/c1-7-39-17-35(18-48-33(43)21-10-8-9-11-24(21)40-27(41)14-20(2)32(40)42)13-12-26(45-4)37-23-15-22-25(44-3)16-36(28(23)29(22)46-5)38(34(37)39,50-19-49-36)31(47-6)30(35)37/h8-11,20,22-23,25-26,28-31,34H,7,12-19H2,1-6H3/t20?,22-,23-,25+,26?,28-,29+,30-,31+,34+,35+,36-,37+,38+/m1/s1. The second-order valence-corrected chi connectivity index (χ2v) is 16.3. The molecule has 1 aromatic carbocycles. The second-order valence-electron chi connectivity index (χ2n) is 16.3. The Morgan fingerprint density at radius 2 is 1.84 bits per heavy atom. The first-order valence-electron chi connectivity index (χ1n) is 18.4. The van der Waals surface area contributed by atoms with Crippen LogP contribution in [0.1, 0.15) is 56.3 Å². The van der Waals surface area contributed by atoms with Gasteiger partial charge in [0.2, 0.25) is 11.8 Å². The second kappa shape index (κ2) is 11.3. The van der Waals surface area contributed by atoms with E-state index in [0.717, 1.165) is 30.7 Å². The highest BCUT2D eigenvalue weighted by molar-refractivity contribution is 6.22. The van der Waals surface area contributed by atoms with Gasteiger partial charge in [0.05, 0.1) is 48.3 Å². The lowest BCUT2D eigenvalue weighted by Crippen LogP contribution is -2.81. The van der Waals surface area contributed by atoms with E-state index in [1.165, 1.54) is 0 Å². The Balaban J connectivity index is 1.16. The van der Waals surface area contributed by atoms with Crippen LogP contribution in [-0.2, 0) is 42.7 Å². The number of hydrogen-bond donors (Lipinski definition) is 0. The lowest BCUT2D eigenvalue weighted by molar-refractivity contribution is -0.286. The summed E-state index contributed by atoms with van der Waals surface area (Å²) < 4.78 is 46.5. The van der Waals surface area contributed by atoms with Crippen LogP contribution in [-0.4, -0.2) is 119 Å². The van der Waals surface area contributed by atoms with E-state index in [4.69, 9.17) is 33.2 Å². The molecule has 5 saturated carbocycles. The number of hydrogen-bond acceptors (Lipinski definition) is 11. The summed E-state index contributed by atoms with van der Waals surface area (Å²) >= 11 is 0. The van der Waals surface area contributed by atoms with Crippen molar-refractivity contribution in [2.45, 2.75) is 87.6 Å². The Bertz CT molecular complexity index is 1610. The molecule has 50 heavy (non-hydrogen) atoms. The number of rotatable bonds is 9. The number of amides is 2. The molecule has 5 aliphatic carbocycles. The average Bonchev–Trinajstić information content (AvgIpc) is 3.78. The van der Waals surface area contributed by atoms with Crippen LogP contribution < -0.4 is 4.90 Å². The van der Waals surface area contributed by atoms with Crippen molar-refractivity contribution in [1.82, 2.24) is 4.90 Å². The first-order valence-corrected chi connectivity index (χ1v) is 18.4. The van der Waals surface area contributed by atoms with Gasteiger partial charge in [-0.2, -0.15) is 0 Å². The number of ether oxygens (including phenoxy) is 7. The number of piperidine rings is 1. The number of anilines is 1. The number of para-hydroxylation sites is 1. The van der Waals surface area contributed by atoms with Gasteiger partial charge in [-0.25, -0.2) is 9.69 Å². The third kappa shape index (κ3) is 3.64. The number of imide groups is 1. The molecule has 2 unspecified atom stereocenters. The van der Waals surface area contributed by atoms with Gasteiger partial charge in [0.15, 0.2) is 0 Å². The first-order chi connectivity index (χ1) is 24.1. The summed E-state index contributed by atoms with van der Waals surface area (Å²) in [5, 5.41) is 0. The van der Waals surface area contributed by atoms with Crippen LogP contribution in [0.2, 0.25) is 0 Å². The highest BCUT2D eigenvalue weighted by Crippen LogP contribution is 2.82. The molecule has 8 aliphatic rings. The summed E-state index contributed by atoms with van der Waals surface area (Å²) in [6.07, 6.45) is 2.77. The lowest BCUT2D eigenvalue weighted by atomic mass is 9.42. The maximum Gasteiger partial charge on any atom is 0.340 e. The molecular weight excluding hydrogens is 644 g/mol. The third-order valence-corrected chi connectivity index (χ3v) is 15.1. The molecular formula is C38H50N2O10. The molecule has 1 aromatic rings. The monoisotopic (exact) mass is 694 g/mol. The van der Waals surface area contributed by atoms with Crippen LogP contribution in [0.15, 0.2) is 24.3 Å². The minimum Gasteiger partial charge on any atom is -0.461 e. The van der Waals surface area contributed by atoms with Gasteiger partial charge in [-0.15, -0.1) is 0 Å². The Kier molecular flexibility index (Phi) is 7.53. The highest BCUT2D eigenvalue weighted by Gasteiger charge is 2.94. The number of nitrogens with zero attached hydrogens (tertiary/aromatic N) is 2. The lowest BCUT2D eigenvalue weighted by Gasteiger charge is -2.70. The van der Waals surface area contributed by atoms with Crippen molar-refractivity contribution in [3.05, 3.63) is 29.8 Å². The summed E-state index contributed by atoms with van der Waals surface area (Å²) in [5.74, 6) is -1.22. The van der Waals surface area contributed by atoms with Crippen LogP contribution in [0.25, 0.3) is 0 Å². The third-order valence-electron chi connectivity index (χ3n) is 15.1. The molecule has 3 saturated heterocycles. The molecule has 12 heteroatoms. The smallest absolute Gasteiger partial charge is 0.340 e. The number of benzene rings is 1. The molecule has 7 bridgehead atoms. The predicted molar refractivity (Wildman–Crippen MR) is 177 cm³/mol. The van der Waals surface area contributed by atoms with Crippen molar-refractivity contribution in [2.24, 2.45) is 40.4 Å². The zero-order chi connectivity index (χ0) is 35.0. The Hall–Kier alpha value is -2.45. The van der Waals surface area contributed by atoms with Crippen molar-refractivity contribution in [3.63, 3.8) is 0 Å². The Morgan fingerprint density at radius 1 is 1.04 bits per heavy atom. The quantitative estimate of drug-likeness (QED) is 0.280. The topological polar surface area (TPSA) is 122 Å². The Labute approximate surface area is 293 Å². The van der Waals surface area contributed by atoms with Crippen LogP contribution in [0.3, 0.4) is 0 Å². The summed E-state index contributed by atoms with van der Waals surface area (Å²) in [5.41, 5.74) is -1.91. The van der Waals surface area contributed by atoms with Crippen molar-refractivity contribution >= 4 is 23.5 Å². The summed E-state index contributed by atoms with van der Waals surface area (Å²) in [6, 6.07) is 6.72. The molecule has 8 fully saturated rings. The summed E-state index contributed by atoms with van der Waals surface area (Å²) in [4.78, 5) is 43.8. The fourth-order valence-electron chi connectivity index (χ4n) is 13.9. The molecule has 3 spiro atoms. The van der Waals surface area contributed by atoms with E-state index in [9.17, 15) is 14.4 Å². The van der Waals surface area contributed by atoms with Crippen LogP contribution in [0.5, 0.6) is 0 Å². The van der Waals surface area contributed by atoms with Crippen molar-refractivity contribution in [2.75, 3.05) is 59.8 Å². The van der Waals surface area contributed by atoms with E-state index in [1.807, 2.05) is 14.2 Å². The molecule has 0 N–H and O–H groups in total. The Morgan fingerprint density at radius 3 is 2.52 bits per heavy atom. The normalized spacial score (nSPS) is 48.3. The number of carbonyl (C=O) groups is 3. The minimum atomic E-state index is -0.820. The predicted octanol–water partition coefficient (Wildman–Crippen LogP) is 3.05. The SMILES string of the molecule is CCN1C[C@]2(COC(=O)c3ccccc3N3C(=O)CC(C)C3=O)CCC(OC)[C@@]34[C@@H]5C[C@H]6[C@H](OC)[C@@H]5[C@@]5(C[C@@H]6OC)OCO[C@@]5([C@@H](OC)[C@H]23)[C@@H]14. The maximum absolute atomic E-state index is 14.2. The van der Waals surface area contributed by atoms with Crippen molar-refractivity contribution in [3.8, 4) is 0 Å². The van der Waals surface area contributed by atoms with Gasteiger partial charge in [-0.05, 0) is 43.9 Å². The average molecular weight is 695 g/mol. The molecule has 3 aliphatic heterocycles. The minimum absolute atomic E-state index is 0.0457. The van der Waals surface area contributed by atoms with E-state index < -0.39 is 33.9 Å². The number of fused-ring (bicyclic) bond motifs is 1. The number of likely N-dealkylation sites (N-methyl/N-ethyl adjacent to an activating group) is 1. The van der Waals surface area contributed by atoms with Gasteiger partial charge in [-0.1, -0.05) is 26.0 Å². The van der Waals surface area contributed by atoms with E-state index in [1.54, 1.807) is 45.4 Å². The number of likely N-dealkylation sites (tertiary alicyclic amines) is 1. The van der Waals surface area contributed by atoms with E-state index in [0.29, 0.717) is 13.0 Å². The van der Waals surface area contributed by atoms with Gasteiger partial charge >= 0.3 is 5.97 Å².